The molecule has 8 aliphatic rings. The summed E-state index contributed by atoms with van der Waals surface area (Å²) in [4.78, 5) is 5.10. The van der Waals surface area contributed by atoms with E-state index in [9.17, 15) is 0 Å². The third-order valence-electron chi connectivity index (χ3n) is 15.9. The van der Waals surface area contributed by atoms with Crippen LogP contribution in [0.5, 0.6) is 0 Å². The lowest BCUT2D eigenvalue weighted by atomic mass is 9.70. The number of aliphatic imine (C=N–C) groups is 1. The molecule has 9 rings (SSSR count). The molecule has 1 N–H and O–H groups in total. The van der Waals surface area contributed by atoms with Crippen LogP contribution in [0.3, 0.4) is 0 Å². The molecule has 7 aliphatic carbocycles. The van der Waals surface area contributed by atoms with Crippen LogP contribution in [0.4, 0.5) is 0 Å². The van der Waals surface area contributed by atoms with Gasteiger partial charge < -0.3 is 5.32 Å². The molecule has 320 valence electrons. The number of hydrogen-bond acceptors (Lipinski definition) is 2. The van der Waals surface area contributed by atoms with Crippen LogP contribution in [0.25, 0.3) is 0 Å². The molecule has 1 fully saturated rings. The summed E-state index contributed by atoms with van der Waals surface area (Å²) >= 11 is 0. The zero-order valence-electron chi connectivity index (χ0n) is 37.3. The first-order valence-electron chi connectivity index (χ1n) is 25.1. The minimum absolute atomic E-state index is 0.514. The molecule has 1 saturated carbocycles. The monoisotopic (exact) mass is 811 g/mol. The first kappa shape index (κ1) is 42.1. The fourth-order valence-corrected chi connectivity index (χ4v) is 12.2. The number of nitrogens with one attached hydrogen (secondary N) is 1. The van der Waals surface area contributed by atoms with Gasteiger partial charge in [-0.25, -0.2) is 0 Å². The summed E-state index contributed by atoms with van der Waals surface area (Å²) in [5.41, 5.74) is 13.9. The van der Waals surface area contributed by atoms with Gasteiger partial charge >= 0.3 is 0 Å². The third kappa shape index (κ3) is 11.1. The van der Waals surface area contributed by atoms with Crippen LogP contribution in [-0.2, 0) is 6.42 Å². The van der Waals surface area contributed by atoms with Crippen molar-refractivity contribution in [2.45, 2.75) is 147 Å². The maximum Gasteiger partial charge on any atom is 0.0442 e. The number of allylic oxidation sites excluding steroid dienone is 21. The molecule has 61 heavy (non-hydrogen) atoms. The fraction of sp³-hybridized carbons (Fsp3) is 0.508. The third-order valence-corrected chi connectivity index (χ3v) is 15.9. The lowest BCUT2D eigenvalue weighted by Crippen LogP contribution is -2.30. The quantitative estimate of drug-likeness (QED) is 0.147. The first-order chi connectivity index (χ1) is 30.2. The Labute approximate surface area is 370 Å². The van der Waals surface area contributed by atoms with Crippen molar-refractivity contribution in [3.63, 3.8) is 0 Å². The molecule has 2 heteroatoms. The van der Waals surface area contributed by atoms with Crippen molar-refractivity contribution in [3.8, 4) is 0 Å². The molecule has 2 nitrogen and oxygen atoms in total. The van der Waals surface area contributed by atoms with Gasteiger partial charge in [-0.15, -0.1) is 0 Å². The average Bonchev–Trinajstić information content (AvgIpc) is 3.35. The number of nitrogens with zero attached hydrogens (tertiary/aromatic N) is 1. The van der Waals surface area contributed by atoms with Gasteiger partial charge in [0.15, 0.2) is 0 Å². The zero-order chi connectivity index (χ0) is 41.1. The van der Waals surface area contributed by atoms with Crippen LogP contribution in [0.1, 0.15) is 152 Å². The molecule has 0 radical (unpaired) electrons. The number of rotatable bonds is 14. The van der Waals surface area contributed by atoms with E-state index in [0.29, 0.717) is 29.6 Å². The lowest BCUT2D eigenvalue weighted by Gasteiger charge is -2.35. The number of unbranched alkanes of at least 4 members (excludes halogenated alkanes) is 1. The maximum atomic E-state index is 5.10. The SMILES string of the molecule is C1=CCCC(C2=CN=C(C3=CC=CCC3)CC2C2C=CC(c3cccc(CCC/C=C(\NCC4CC=C(C5C=CC=CC5)CC4)C4CCC(C5=CCCCC5)CC4)c3)CC2)=C1. The van der Waals surface area contributed by atoms with Gasteiger partial charge in [0.05, 0.1) is 0 Å². The Hall–Kier alpha value is -4.17. The highest BCUT2D eigenvalue weighted by Crippen LogP contribution is 2.44. The summed E-state index contributed by atoms with van der Waals surface area (Å²) in [6, 6.07) is 9.65. The average molecular weight is 811 g/mol. The van der Waals surface area contributed by atoms with Crippen LogP contribution >= 0.6 is 0 Å². The van der Waals surface area contributed by atoms with E-state index >= 15 is 0 Å². The highest BCUT2D eigenvalue weighted by molar-refractivity contribution is 6.02. The molecule has 1 aromatic rings. The van der Waals surface area contributed by atoms with E-state index in [2.05, 4.69) is 127 Å². The minimum atomic E-state index is 0.514. The van der Waals surface area contributed by atoms with Crippen molar-refractivity contribution in [1.29, 1.82) is 0 Å². The maximum absolute atomic E-state index is 5.10. The van der Waals surface area contributed by atoms with E-state index in [0.717, 1.165) is 56.9 Å². The second-order valence-electron chi connectivity index (χ2n) is 19.8. The smallest absolute Gasteiger partial charge is 0.0442 e. The van der Waals surface area contributed by atoms with Gasteiger partial charge in [0.1, 0.15) is 0 Å². The molecular weight excluding hydrogens is 737 g/mol. The van der Waals surface area contributed by atoms with E-state index in [-0.39, 0.29) is 0 Å². The van der Waals surface area contributed by atoms with Gasteiger partial charge in [0.2, 0.25) is 0 Å². The van der Waals surface area contributed by atoms with Crippen LogP contribution in [0.15, 0.2) is 160 Å². The Morgan fingerprint density at radius 1 is 0.721 bits per heavy atom. The molecule has 5 atom stereocenters. The van der Waals surface area contributed by atoms with Gasteiger partial charge in [-0.1, -0.05) is 127 Å². The Balaban J connectivity index is 0.812. The molecule has 0 bridgehead atoms. The van der Waals surface area contributed by atoms with Gasteiger partial charge in [-0.3, -0.25) is 4.99 Å². The summed E-state index contributed by atoms with van der Waals surface area (Å²) < 4.78 is 0. The largest absolute Gasteiger partial charge is 0.388 e. The Morgan fingerprint density at radius 2 is 1.61 bits per heavy atom. The van der Waals surface area contributed by atoms with E-state index in [1.54, 1.807) is 16.8 Å². The summed E-state index contributed by atoms with van der Waals surface area (Å²) in [5.74, 6) is 4.55. The Bertz CT molecular complexity index is 2060. The molecule has 0 spiro atoms. The van der Waals surface area contributed by atoms with Crippen molar-refractivity contribution >= 4 is 5.71 Å². The van der Waals surface area contributed by atoms with Gasteiger partial charge in [-0.05, 0) is 199 Å². The molecule has 0 aromatic heterocycles. The lowest BCUT2D eigenvalue weighted by molar-refractivity contribution is 0.309. The van der Waals surface area contributed by atoms with Crippen molar-refractivity contribution in [3.05, 3.63) is 166 Å². The number of benzene rings is 1. The van der Waals surface area contributed by atoms with Crippen LogP contribution in [-0.4, -0.2) is 12.3 Å². The number of hydrogen-bond donors (Lipinski definition) is 1. The Morgan fingerprint density at radius 3 is 2.34 bits per heavy atom. The summed E-state index contributed by atoms with van der Waals surface area (Å²) in [6.45, 7) is 1.14. The van der Waals surface area contributed by atoms with Gasteiger partial charge in [0, 0.05) is 36.0 Å². The van der Waals surface area contributed by atoms with Crippen molar-refractivity contribution in [1.82, 2.24) is 5.32 Å². The van der Waals surface area contributed by atoms with E-state index in [4.69, 9.17) is 4.99 Å². The van der Waals surface area contributed by atoms with Crippen molar-refractivity contribution in [2.24, 2.45) is 40.5 Å². The predicted molar refractivity (Wildman–Crippen MR) is 260 cm³/mol. The van der Waals surface area contributed by atoms with Crippen molar-refractivity contribution in [2.75, 3.05) is 6.54 Å². The fourth-order valence-electron chi connectivity index (χ4n) is 12.2. The summed E-state index contributed by atoms with van der Waals surface area (Å²) in [6.07, 6.45) is 65.9. The number of aryl methyl sites for hydroxylation is 1. The minimum Gasteiger partial charge on any atom is -0.388 e. The van der Waals surface area contributed by atoms with Crippen LogP contribution in [0.2, 0.25) is 0 Å². The van der Waals surface area contributed by atoms with E-state index < -0.39 is 0 Å². The summed E-state index contributed by atoms with van der Waals surface area (Å²) in [7, 11) is 0. The zero-order valence-corrected chi connectivity index (χ0v) is 37.3. The highest BCUT2D eigenvalue weighted by atomic mass is 14.9. The second-order valence-corrected chi connectivity index (χ2v) is 19.8. The standard InChI is InChI=1S/C59H74N2/c1-5-18-46(19-6-1)48-30-28-45(29-31-48)42-60-58(54-38-34-49(35-39-54)47-20-7-2-8-21-47)27-14-13-16-44-17-15-26-55(40-44)50-32-36-52(37-33-50)56-41-59(53-24-11-4-12-25-53)61-43-57(56)51-22-9-3-10-23-51/h1,3-6,9,11,15,17-18,20,22,24,26-27,30,32,36,40,43,45-46,49-50,52,54,56,60H,2,7-8,10,12-14,16,19,21,23,25,28-29,31,33-35,37-39,41-42H2/b58-27-. The van der Waals surface area contributed by atoms with Gasteiger partial charge in [0.25, 0.3) is 0 Å². The first-order valence-corrected chi connectivity index (χ1v) is 25.1. The molecular formula is C59H74N2. The highest BCUT2D eigenvalue weighted by Gasteiger charge is 2.33. The van der Waals surface area contributed by atoms with Crippen LogP contribution in [0, 0.1) is 35.5 Å². The molecule has 0 amide bonds. The second kappa shape index (κ2) is 21.3. The molecule has 5 unspecified atom stereocenters. The molecule has 0 saturated heterocycles. The summed E-state index contributed by atoms with van der Waals surface area (Å²) in [5, 5.41) is 4.13. The molecule has 1 aromatic carbocycles. The predicted octanol–water partition coefficient (Wildman–Crippen LogP) is 15.6. The molecule has 1 aliphatic heterocycles. The van der Waals surface area contributed by atoms with E-state index in [1.165, 1.54) is 136 Å². The Kier molecular flexibility index (Phi) is 14.7. The van der Waals surface area contributed by atoms with Gasteiger partial charge in [-0.2, -0.15) is 0 Å². The van der Waals surface area contributed by atoms with E-state index in [1.807, 2.05) is 0 Å². The van der Waals surface area contributed by atoms with Crippen molar-refractivity contribution < 1.29 is 0 Å². The normalized spacial score (nSPS) is 30.5. The molecule has 1 heterocycles. The van der Waals surface area contributed by atoms with Crippen LogP contribution < -0.4 is 5.32 Å². The topological polar surface area (TPSA) is 24.4 Å².